The number of rotatable bonds is 6. The van der Waals surface area contributed by atoms with E-state index in [-0.39, 0.29) is 30.5 Å². The lowest BCUT2D eigenvalue weighted by molar-refractivity contribution is -0.131. The molecule has 6 heteroatoms. The number of benzene rings is 2. The van der Waals surface area contributed by atoms with Crippen molar-refractivity contribution in [3.8, 4) is 11.1 Å². The van der Waals surface area contributed by atoms with E-state index >= 15 is 0 Å². The first-order valence-corrected chi connectivity index (χ1v) is 9.03. The van der Waals surface area contributed by atoms with Crippen LogP contribution in [0.3, 0.4) is 0 Å². The number of carbonyl (C=O) groups is 2. The van der Waals surface area contributed by atoms with Crippen molar-refractivity contribution in [2.45, 2.75) is 38.8 Å². The Kier molecular flexibility index (Phi) is 5.84. The topological polar surface area (TPSA) is 49.4 Å². The third-order valence-electron chi connectivity index (χ3n) is 5.04. The molecule has 1 N–H and O–H groups in total. The van der Waals surface area contributed by atoms with Gasteiger partial charge >= 0.3 is 0 Å². The van der Waals surface area contributed by atoms with Crippen molar-refractivity contribution < 1.29 is 18.4 Å². The van der Waals surface area contributed by atoms with E-state index in [1.807, 2.05) is 11.8 Å². The van der Waals surface area contributed by atoms with Crippen LogP contribution in [-0.4, -0.2) is 29.8 Å². The summed E-state index contributed by atoms with van der Waals surface area (Å²) in [6.07, 6.45) is 2.83. The number of carbonyl (C=O) groups excluding carboxylic acids is 2. The summed E-state index contributed by atoms with van der Waals surface area (Å²) in [6, 6.07) is 8.90. The fourth-order valence-electron chi connectivity index (χ4n) is 3.57. The van der Waals surface area contributed by atoms with Gasteiger partial charge in [0.15, 0.2) is 0 Å². The number of nitrogens with zero attached hydrogens (tertiary/aromatic N) is 1. The second-order valence-electron chi connectivity index (χ2n) is 6.86. The summed E-state index contributed by atoms with van der Waals surface area (Å²) < 4.78 is 27.3. The molecular weight excluding hydrogens is 350 g/mol. The second-order valence-corrected chi connectivity index (χ2v) is 6.86. The van der Waals surface area contributed by atoms with Crippen LogP contribution in [-0.2, 0) is 22.6 Å². The number of hydrogen-bond acceptors (Lipinski definition) is 2. The zero-order chi connectivity index (χ0) is 19.4. The molecule has 0 aliphatic carbocycles. The Morgan fingerprint density at radius 3 is 2.70 bits per heavy atom. The molecule has 0 spiro atoms. The average Bonchev–Trinajstić information content (AvgIpc) is 3.07. The maximum atomic E-state index is 14.1. The molecule has 0 saturated carbocycles. The molecule has 0 radical (unpaired) electrons. The first-order valence-electron chi connectivity index (χ1n) is 9.03. The van der Waals surface area contributed by atoms with Crippen molar-refractivity contribution in [3.63, 3.8) is 0 Å². The molecule has 4 nitrogen and oxygen atoms in total. The van der Waals surface area contributed by atoms with Gasteiger partial charge < -0.3 is 10.2 Å². The van der Waals surface area contributed by atoms with Crippen LogP contribution in [0.2, 0.25) is 0 Å². The highest BCUT2D eigenvalue weighted by atomic mass is 19.1. The van der Waals surface area contributed by atoms with Crippen LogP contribution in [0.1, 0.15) is 30.9 Å². The van der Waals surface area contributed by atoms with Crippen LogP contribution in [0, 0.1) is 11.6 Å². The molecule has 1 aliphatic rings. The predicted molar refractivity (Wildman–Crippen MR) is 98.8 cm³/mol. The van der Waals surface area contributed by atoms with Gasteiger partial charge in [-0.25, -0.2) is 8.78 Å². The molecule has 1 unspecified atom stereocenters. The molecule has 3 rings (SSSR count). The largest absolute Gasteiger partial charge is 0.355 e. The van der Waals surface area contributed by atoms with Crippen molar-refractivity contribution in [3.05, 3.63) is 59.2 Å². The Morgan fingerprint density at radius 1 is 1.22 bits per heavy atom. The van der Waals surface area contributed by atoms with Gasteiger partial charge in [-0.1, -0.05) is 12.1 Å². The van der Waals surface area contributed by atoms with Crippen molar-refractivity contribution >= 4 is 12.3 Å². The van der Waals surface area contributed by atoms with E-state index in [2.05, 4.69) is 5.32 Å². The summed E-state index contributed by atoms with van der Waals surface area (Å²) in [6.45, 7) is 3.04. The molecule has 2 amide bonds. The van der Waals surface area contributed by atoms with E-state index in [0.717, 1.165) is 36.6 Å². The molecule has 142 valence electrons. The van der Waals surface area contributed by atoms with E-state index in [9.17, 15) is 18.4 Å². The molecule has 0 aromatic heterocycles. The minimum atomic E-state index is -0.654. The summed E-state index contributed by atoms with van der Waals surface area (Å²) >= 11 is 0. The average molecular weight is 372 g/mol. The lowest BCUT2D eigenvalue weighted by Crippen LogP contribution is -2.35. The number of nitrogens with one attached hydrogen (secondary N) is 1. The Hall–Kier alpha value is -2.76. The van der Waals surface area contributed by atoms with Crippen LogP contribution in [0.15, 0.2) is 36.4 Å². The molecule has 27 heavy (non-hydrogen) atoms. The number of likely N-dealkylation sites (tertiary alicyclic amines) is 1. The molecule has 2 aromatic rings. The van der Waals surface area contributed by atoms with Crippen molar-refractivity contribution in [2.75, 3.05) is 6.54 Å². The zero-order valence-corrected chi connectivity index (χ0v) is 15.2. The first kappa shape index (κ1) is 19.0. The molecule has 1 fully saturated rings. The maximum Gasteiger partial charge on any atom is 0.227 e. The molecule has 2 aromatic carbocycles. The van der Waals surface area contributed by atoms with Gasteiger partial charge in [-0.2, -0.15) is 0 Å². The van der Waals surface area contributed by atoms with Gasteiger partial charge in [-0.3, -0.25) is 9.59 Å². The third kappa shape index (κ3) is 4.32. The summed E-state index contributed by atoms with van der Waals surface area (Å²) in [4.78, 5) is 25.2. The summed E-state index contributed by atoms with van der Waals surface area (Å²) in [5.74, 6) is -1.24. The van der Waals surface area contributed by atoms with E-state index in [1.165, 1.54) is 12.1 Å². The van der Waals surface area contributed by atoms with Gasteiger partial charge in [0.2, 0.25) is 12.3 Å². The number of amides is 2. The third-order valence-corrected chi connectivity index (χ3v) is 5.04. The lowest BCUT2D eigenvalue weighted by atomic mass is 9.96. The number of hydrogen-bond donors (Lipinski definition) is 1. The van der Waals surface area contributed by atoms with E-state index in [0.29, 0.717) is 12.0 Å². The van der Waals surface area contributed by atoms with Gasteiger partial charge in [0.05, 0.1) is 6.42 Å². The van der Waals surface area contributed by atoms with Gasteiger partial charge in [0, 0.05) is 30.8 Å². The minimum Gasteiger partial charge on any atom is -0.355 e. The first-order chi connectivity index (χ1) is 13.0. The summed E-state index contributed by atoms with van der Waals surface area (Å²) in [5.41, 5.74) is 2.37. The lowest BCUT2D eigenvalue weighted by Gasteiger charge is -2.22. The standard InChI is InChI=1S/C21H22F2N2O2/c1-14-3-2-8-25(14)21(27)10-15-4-5-16(9-17(15)12-24-13-26)19-7-6-18(22)11-20(19)23/h4-7,9,11,13-14H,2-3,8,10,12H2,1H3,(H,24,26). The fraction of sp³-hybridized carbons (Fsp3) is 0.333. The quantitative estimate of drug-likeness (QED) is 0.790. The molecule has 0 bridgehead atoms. The SMILES string of the molecule is CC1CCCN1C(=O)Cc1ccc(-c2ccc(F)cc2F)cc1CNC=O. The normalized spacial score (nSPS) is 16.4. The van der Waals surface area contributed by atoms with E-state index in [4.69, 9.17) is 0 Å². The summed E-state index contributed by atoms with van der Waals surface area (Å²) in [5, 5.41) is 2.60. The molecule has 1 atom stereocenters. The minimum absolute atomic E-state index is 0.0491. The summed E-state index contributed by atoms with van der Waals surface area (Å²) in [7, 11) is 0. The molecule has 1 heterocycles. The molecule has 1 saturated heterocycles. The molecular formula is C21H22F2N2O2. The Morgan fingerprint density at radius 2 is 2.04 bits per heavy atom. The zero-order valence-electron chi connectivity index (χ0n) is 15.2. The second kappa shape index (κ2) is 8.29. The van der Waals surface area contributed by atoms with Crippen molar-refractivity contribution in [2.24, 2.45) is 0 Å². The van der Waals surface area contributed by atoms with Gasteiger partial charge in [-0.05, 0) is 54.7 Å². The predicted octanol–water partition coefficient (Wildman–Crippen LogP) is 3.43. The van der Waals surface area contributed by atoms with Gasteiger partial charge in [0.25, 0.3) is 0 Å². The fourth-order valence-corrected chi connectivity index (χ4v) is 3.57. The highest BCUT2D eigenvalue weighted by molar-refractivity contribution is 5.80. The Balaban J connectivity index is 1.89. The Labute approximate surface area is 157 Å². The Bertz CT molecular complexity index is 854. The van der Waals surface area contributed by atoms with Gasteiger partial charge in [-0.15, -0.1) is 0 Å². The van der Waals surface area contributed by atoms with Crippen molar-refractivity contribution in [1.29, 1.82) is 0 Å². The maximum absolute atomic E-state index is 14.1. The highest BCUT2D eigenvalue weighted by Crippen LogP contribution is 2.27. The smallest absolute Gasteiger partial charge is 0.227 e. The monoisotopic (exact) mass is 372 g/mol. The van der Waals surface area contributed by atoms with Gasteiger partial charge in [0.1, 0.15) is 11.6 Å². The van der Waals surface area contributed by atoms with Crippen LogP contribution in [0.4, 0.5) is 8.78 Å². The molecule has 1 aliphatic heterocycles. The van der Waals surface area contributed by atoms with E-state index < -0.39 is 11.6 Å². The highest BCUT2D eigenvalue weighted by Gasteiger charge is 2.25. The van der Waals surface area contributed by atoms with Crippen molar-refractivity contribution in [1.82, 2.24) is 10.2 Å². The van der Waals surface area contributed by atoms with Crippen LogP contribution >= 0.6 is 0 Å². The van der Waals surface area contributed by atoms with E-state index in [1.54, 1.807) is 18.2 Å². The van der Waals surface area contributed by atoms with Crippen LogP contribution < -0.4 is 5.32 Å². The van der Waals surface area contributed by atoms with Crippen LogP contribution in [0.5, 0.6) is 0 Å². The van der Waals surface area contributed by atoms with Crippen LogP contribution in [0.25, 0.3) is 11.1 Å². The number of halogens is 2.